The Morgan fingerprint density at radius 1 is 0.963 bits per heavy atom. The number of aryl methyl sites for hydroxylation is 3. The van der Waals surface area contributed by atoms with Crippen LogP contribution in [0.5, 0.6) is 0 Å². The minimum Gasteiger partial charge on any atom is -0.409 e. The molecule has 4 heterocycles. The van der Waals surface area contributed by atoms with E-state index in [1.165, 1.54) is 11.3 Å². The Labute approximate surface area is 336 Å². The van der Waals surface area contributed by atoms with Gasteiger partial charge >= 0.3 is 0 Å². The zero-order valence-electron chi connectivity index (χ0n) is 28.7. The molecule has 288 valence electrons. The quantitative estimate of drug-likeness (QED) is 0.0253. The Balaban J connectivity index is 0.000000792. The Morgan fingerprint density at radius 3 is 2.04 bits per heavy atom. The van der Waals surface area contributed by atoms with Gasteiger partial charge in [0.25, 0.3) is 5.89 Å². The first-order valence-corrected chi connectivity index (χ1v) is 17.3. The number of aromatic amines is 1. The zero-order valence-corrected chi connectivity index (χ0v) is 31.9. The average Bonchev–Trinajstić information content (AvgIpc) is 3.75. The number of nitriles is 1. The molecule has 4 aromatic heterocycles. The number of amidine groups is 1. The molecule has 0 aliphatic rings. The number of carbonyl (C=O) groups excluding carboxylic acids is 1. The lowest BCUT2D eigenvalue weighted by molar-refractivity contribution is -0.109. The van der Waals surface area contributed by atoms with E-state index in [4.69, 9.17) is 61.9 Å². The van der Waals surface area contributed by atoms with Crippen molar-refractivity contribution in [3.63, 3.8) is 0 Å². The van der Waals surface area contributed by atoms with Gasteiger partial charge in [0.1, 0.15) is 20.4 Å². The number of pyridine rings is 2. The van der Waals surface area contributed by atoms with Crippen LogP contribution in [0.3, 0.4) is 0 Å². The van der Waals surface area contributed by atoms with E-state index >= 15 is 0 Å². The van der Waals surface area contributed by atoms with Crippen molar-refractivity contribution >= 4 is 73.7 Å². The van der Waals surface area contributed by atoms with Crippen molar-refractivity contribution in [3.8, 4) is 28.2 Å². The van der Waals surface area contributed by atoms with Crippen molar-refractivity contribution < 1.29 is 14.5 Å². The van der Waals surface area contributed by atoms with Crippen molar-refractivity contribution in [1.82, 2.24) is 20.1 Å². The minimum absolute atomic E-state index is 0. The van der Waals surface area contributed by atoms with Crippen LogP contribution in [0, 0.1) is 57.5 Å². The Kier molecular flexibility index (Phi) is 20.7. The van der Waals surface area contributed by atoms with E-state index < -0.39 is 5.24 Å². The van der Waals surface area contributed by atoms with Gasteiger partial charge in [-0.15, -0.1) is 22.9 Å². The molecule has 0 bridgehead atoms. The first-order chi connectivity index (χ1) is 24.2. The first kappa shape index (κ1) is 48.9. The van der Waals surface area contributed by atoms with Gasteiger partial charge < -0.3 is 26.2 Å². The van der Waals surface area contributed by atoms with Gasteiger partial charge in [-0.05, 0) is 75.4 Å². The van der Waals surface area contributed by atoms with E-state index in [2.05, 4.69) is 45.2 Å². The normalized spacial score (nSPS) is 9.94. The number of rotatable bonds is 4. The summed E-state index contributed by atoms with van der Waals surface area (Å²) in [4.78, 5) is 23.3. The fourth-order valence-corrected chi connectivity index (χ4v) is 5.99. The van der Waals surface area contributed by atoms with E-state index in [9.17, 15) is 4.79 Å². The van der Waals surface area contributed by atoms with Crippen LogP contribution < -0.4 is 11.5 Å². The highest BCUT2D eigenvalue weighted by Gasteiger charge is 2.21. The molecule has 6 rings (SSSR count). The van der Waals surface area contributed by atoms with Gasteiger partial charge in [-0.2, -0.15) is 10.2 Å². The molecule has 0 saturated heterocycles. The van der Waals surface area contributed by atoms with Crippen molar-refractivity contribution in [2.75, 3.05) is 11.6 Å². The highest BCUT2D eigenvalue weighted by Crippen LogP contribution is 2.42. The summed E-state index contributed by atoms with van der Waals surface area (Å²) in [5, 5.41) is 24.4. The van der Waals surface area contributed by atoms with Crippen LogP contribution in [0.4, 0.5) is 5.69 Å². The van der Waals surface area contributed by atoms with E-state index in [0.717, 1.165) is 59.9 Å². The fraction of sp³-hybridized carbons (Fsp3) is 0.256. The molecule has 0 radical (unpaired) electrons. The summed E-state index contributed by atoms with van der Waals surface area (Å²) >= 11 is 16.0. The molecule has 6 aromatic rings. The topological polar surface area (TPSA) is 193 Å². The Bertz CT molecular complexity index is 2260. The second-order valence-corrected chi connectivity index (χ2v) is 13.0. The van der Waals surface area contributed by atoms with E-state index in [-0.39, 0.29) is 34.0 Å². The number of benzene rings is 2. The summed E-state index contributed by atoms with van der Waals surface area (Å²) in [6, 6.07) is 20.9. The molecular weight excluding hydrogens is 764 g/mol. The molecule has 0 aliphatic carbocycles. The minimum atomic E-state index is -0.508. The molecular formula is C39H48Cl2N8O3S2. The van der Waals surface area contributed by atoms with Crippen molar-refractivity contribution in [1.29, 1.82) is 5.26 Å². The number of aromatic nitrogens is 4. The lowest BCUT2D eigenvalue weighted by atomic mass is 10.1. The largest absolute Gasteiger partial charge is 0.409 e. The molecule has 0 saturated carbocycles. The molecule has 15 heteroatoms. The number of halogens is 2. The number of alkyl halides is 1. The van der Waals surface area contributed by atoms with Crippen molar-refractivity contribution in [2.24, 2.45) is 10.9 Å². The average molecular weight is 812 g/mol. The molecule has 54 heavy (non-hydrogen) atoms. The standard InChI is InChI=1S/C18H16N4OS.C9H10N2S.C7H8N2O.C2H2Cl2O.3CH4/c1-9-10(2)13-14(19)15(24-18(13)20-11(9)3)17-21-16(22-23-17)12-7-5-4-6-8-12;1-5-6(2)8(4-10)9(12)11-7(5)3;8-7(9-10)6-4-2-1-3-5-6;3-1-2(4)5;;;/h4-8H,19H2,1-3H3;1-3H3,(H,11,12);1-5,10H,(H2,8,9);1H2;3*1H4. The smallest absolute Gasteiger partial charge is 0.270 e. The van der Waals surface area contributed by atoms with Crippen LogP contribution in [-0.4, -0.2) is 42.3 Å². The number of hydrogen-bond donors (Lipinski definition) is 4. The third kappa shape index (κ3) is 12.2. The van der Waals surface area contributed by atoms with Crippen molar-refractivity contribution in [2.45, 2.75) is 63.8 Å². The second-order valence-electron chi connectivity index (χ2n) is 10.9. The summed E-state index contributed by atoms with van der Waals surface area (Å²) in [6.07, 6.45) is 0. The summed E-state index contributed by atoms with van der Waals surface area (Å²) in [5.41, 5.74) is 21.0. The van der Waals surface area contributed by atoms with E-state index in [0.29, 0.717) is 27.6 Å². The number of fused-ring (bicyclic) bond motifs is 1. The number of H-pyrrole nitrogens is 1. The van der Waals surface area contributed by atoms with Crippen LogP contribution in [0.15, 0.2) is 70.3 Å². The van der Waals surface area contributed by atoms with Gasteiger partial charge in [-0.1, -0.05) is 105 Å². The van der Waals surface area contributed by atoms with Gasteiger partial charge in [0.15, 0.2) is 5.84 Å². The summed E-state index contributed by atoms with van der Waals surface area (Å²) in [5.74, 6) is 1.03. The fourth-order valence-electron chi connectivity index (χ4n) is 4.51. The number of nitrogens with two attached hydrogens (primary N) is 2. The molecule has 0 unspecified atom stereocenters. The number of nitrogens with one attached hydrogen (secondary N) is 1. The van der Waals surface area contributed by atoms with Crippen LogP contribution in [0.25, 0.3) is 32.4 Å². The first-order valence-electron chi connectivity index (χ1n) is 15.2. The van der Waals surface area contributed by atoms with E-state index in [1.807, 2.05) is 76.2 Å². The van der Waals surface area contributed by atoms with Crippen LogP contribution in [0.2, 0.25) is 0 Å². The molecule has 0 aliphatic heterocycles. The maximum Gasteiger partial charge on any atom is 0.270 e. The SMILES string of the molecule is C.C.C.Cc1[nH]c(=S)c(C#N)c(C)c1C.Cc1nc2sc(-c3nc(-c4ccccc4)no3)c(N)c2c(C)c1C.N/C(=N\O)c1ccccc1.O=C(Cl)CCl. The second kappa shape index (κ2) is 22.8. The monoisotopic (exact) mass is 810 g/mol. The molecule has 2 aromatic carbocycles. The zero-order chi connectivity index (χ0) is 37.8. The molecule has 0 fully saturated rings. The van der Waals surface area contributed by atoms with Gasteiger partial charge in [-0.3, -0.25) is 4.79 Å². The maximum atomic E-state index is 9.45. The number of anilines is 1. The highest BCUT2D eigenvalue weighted by atomic mass is 35.5. The Morgan fingerprint density at radius 2 is 1.52 bits per heavy atom. The number of nitrogen functional groups attached to an aromatic ring is 1. The number of oxime groups is 1. The third-order valence-electron chi connectivity index (χ3n) is 7.75. The van der Waals surface area contributed by atoms with E-state index in [1.54, 1.807) is 12.1 Å². The number of hydrogen-bond acceptors (Lipinski definition) is 11. The predicted molar refractivity (Wildman–Crippen MR) is 228 cm³/mol. The van der Waals surface area contributed by atoms with Gasteiger partial charge in [-0.25, -0.2) is 4.98 Å². The van der Waals surface area contributed by atoms with Crippen LogP contribution in [0.1, 0.15) is 67.0 Å². The summed E-state index contributed by atoms with van der Waals surface area (Å²) < 4.78 is 6.00. The predicted octanol–water partition coefficient (Wildman–Crippen LogP) is 10.7. The summed E-state index contributed by atoms with van der Waals surface area (Å²) in [6.45, 7) is 12.0. The number of nitrogens with zero attached hydrogens (tertiary/aromatic N) is 5. The molecule has 0 spiro atoms. The van der Waals surface area contributed by atoms with Gasteiger partial charge in [0, 0.05) is 27.9 Å². The lowest BCUT2D eigenvalue weighted by Crippen LogP contribution is -2.12. The maximum absolute atomic E-state index is 9.45. The number of carbonyl (C=O) groups is 1. The molecule has 11 nitrogen and oxygen atoms in total. The van der Waals surface area contributed by atoms with Gasteiger partial charge in [0.05, 0.1) is 17.1 Å². The molecule has 6 N–H and O–H groups in total. The van der Waals surface area contributed by atoms with Crippen LogP contribution >= 0.6 is 46.8 Å². The number of thiophene rings is 1. The molecule has 0 atom stereocenters. The highest BCUT2D eigenvalue weighted by molar-refractivity contribution is 7.71. The van der Waals surface area contributed by atoms with Crippen molar-refractivity contribution in [3.05, 3.63) is 110 Å². The van der Waals surface area contributed by atoms with Crippen LogP contribution in [-0.2, 0) is 4.79 Å². The molecule has 0 amide bonds. The summed E-state index contributed by atoms with van der Waals surface area (Å²) in [7, 11) is 0. The third-order valence-corrected chi connectivity index (χ3v) is 9.66. The Hall–Kier alpha value is -5.13. The van der Waals surface area contributed by atoms with Gasteiger partial charge in [0.2, 0.25) is 11.1 Å². The lowest BCUT2D eigenvalue weighted by Gasteiger charge is -2.05.